The lowest BCUT2D eigenvalue weighted by Gasteiger charge is -2.39. The Kier molecular flexibility index (Phi) is 4.50. The summed E-state index contributed by atoms with van der Waals surface area (Å²) < 4.78 is 0. The van der Waals surface area contributed by atoms with Crippen LogP contribution in [0.4, 0.5) is 0 Å². The molecule has 0 radical (unpaired) electrons. The molecule has 120 valence electrons. The summed E-state index contributed by atoms with van der Waals surface area (Å²) in [5.74, 6) is 0.114. The highest BCUT2D eigenvalue weighted by Crippen LogP contribution is 2.40. The van der Waals surface area contributed by atoms with Gasteiger partial charge in [0.25, 0.3) is 0 Å². The standard InChI is InChI=1S/C18H27N3O/c1-15(19)17(22)21-12-9-18(14-21)7-10-20(11-8-18)13-16-5-3-2-4-6-16/h2-6,15H,7-14,19H2,1H3/t15-/m0/s1. The lowest BCUT2D eigenvalue weighted by Crippen LogP contribution is -2.44. The van der Waals surface area contributed by atoms with Gasteiger partial charge in [-0.3, -0.25) is 9.69 Å². The molecule has 4 nitrogen and oxygen atoms in total. The molecule has 0 unspecified atom stereocenters. The molecule has 1 amide bonds. The third-order valence-electron chi connectivity index (χ3n) is 5.31. The van der Waals surface area contributed by atoms with E-state index in [0.717, 1.165) is 39.1 Å². The van der Waals surface area contributed by atoms with Crippen LogP contribution in [-0.4, -0.2) is 47.9 Å². The van der Waals surface area contributed by atoms with Gasteiger partial charge in [0.2, 0.25) is 5.91 Å². The summed E-state index contributed by atoms with van der Waals surface area (Å²) in [7, 11) is 0. The fourth-order valence-corrected chi connectivity index (χ4v) is 3.85. The molecule has 1 aromatic rings. The van der Waals surface area contributed by atoms with Gasteiger partial charge in [-0.1, -0.05) is 30.3 Å². The van der Waals surface area contributed by atoms with Crippen molar-refractivity contribution in [1.82, 2.24) is 9.80 Å². The Hall–Kier alpha value is -1.39. The van der Waals surface area contributed by atoms with E-state index >= 15 is 0 Å². The molecule has 0 aliphatic carbocycles. The fourth-order valence-electron chi connectivity index (χ4n) is 3.85. The monoisotopic (exact) mass is 301 g/mol. The molecule has 3 rings (SSSR count). The van der Waals surface area contributed by atoms with E-state index in [1.165, 1.54) is 18.4 Å². The molecular weight excluding hydrogens is 274 g/mol. The van der Waals surface area contributed by atoms with Crippen molar-refractivity contribution in [3.8, 4) is 0 Å². The summed E-state index contributed by atoms with van der Waals surface area (Å²) in [6.45, 7) is 6.89. The van der Waals surface area contributed by atoms with Gasteiger partial charge in [0.1, 0.15) is 0 Å². The molecule has 1 atom stereocenters. The van der Waals surface area contributed by atoms with Crippen molar-refractivity contribution in [1.29, 1.82) is 0 Å². The average molecular weight is 301 g/mol. The van der Waals surface area contributed by atoms with E-state index in [1.54, 1.807) is 6.92 Å². The Morgan fingerprint density at radius 3 is 2.45 bits per heavy atom. The zero-order valence-corrected chi connectivity index (χ0v) is 13.5. The molecule has 2 saturated heterocycles. The Bertz CT molecular complexity index is 506. The topological polar surface area (TPSA) is 49.6 Å². The summed E-state index contributed by atoms with van der Waals surface area (Å²) in [5.41, 5.74) is 7.47. The molecule has 0 bridgehead atoms. The summed E-state index contributed by atoms with van der Waals surface area (Å²) in [4.78, 5) is 16.6. The van der Waals surface area contributed by atoms with Crippen LogP contribution in [0.5, 0.6) is 0 Å². The van der Waals surface area contributed by atoms with E-state index in [1.807, 2.05) is 4.90 Å². The first-order valence-electron chi connectivity index (χ1n) is 8.39. The number of rotatable bonds is 3. The minimum atomic E-state index is -0.367. The SMILES string of the molecule is C[C@H](N)C(=O)N1CCC2(CCN(Cc3ccccc3)CC2)C1. The smallest absolute Gasteiger partial charge is 0.239 e. The van der Waals surface area contributed by atoms with Crippen molar-refractivity contribution >= 4 is 5.91 Å². The lowest BCUT2D eigenvalue weighted by molar-refractivity contribution is -0.131. The van der Waals surface area contributed by atoms with E-state index in [-0.39, 0.29) is 11.9 Å². The molecule has 0 aromatic heterocycles. The molecule has 22 heavy (non-hydrogen) atoms. The maximum atomic E-state index is 12.1. The van der Waals surface area contributed by atoms with Crippen molar-refractivity contribution in [3.05, 3.63) is 35.9 Å². The van der Waals surface area contributed by atoms with Crippen molar-refractivity contribution in [2.24, 2.45) is 11.1 Å². The average Bonchev–Trinajstić information content (AvgIpc) is 2.94. The van der Waals surface area contributed by atoms with Gasteiger partial charge in [0, 0.05) is 19.6 Å². The number of hydrogen-bond acceptors (Lipinski definition) is 3. The van der Waals surface area contributed by atoms with Crippen LogP contribution in [0.25, 0.3) is 0 Å². The Morgan fingerprint density at radius 2 is 1.82 bits per heavy atom. The summed E-state index contributed by atoms with van der Waals surface area (Å²) in [6.07, 6.45) is 3.54. The second-order valence-electron chi connectivity index (χ2n) is 7.06. The fraction of sp³-hybridized carbons (Fsp3) is 0.611. The molecule has 2 N–H and O–H groups in total. The van der Waals surface area contributed by atoms with Crippen LogP contribution in [0.3, 0.4) is 0 Å². The molecule has 1 aromatic carbocycles. The lowest BCUT2D eigenvalue weighted by atomic mass is 9.77. The highest BCUT2D eigenvalue weighted by Gasteiger charge is 2.42. The van der Waals surface area contributed by atoms with Crippen LogP contribution in [0.2, 0.25) is 0 Å². The zero-order valence-electron chi connectivity index (χ0n) is 13.5. The van der Waals surface area contributed by atoms with Crippen LogP contribution in [0.15, 0.2) is 30.3 Å². The normalized spacial score (nSPS) is 22.9. The number of likely N-dealkylation sites (tertiary alicyclic amines) is 2. The van der Waals surface area contributed by atoms with E-state index in [9.17, 15) is 4.79 Å². The number of carbonyl (C=O) groups excluding carboxylic acids is 1. The predicted octanol–water partition coefficient (Wildman–Crippen LogP) is 1.85. The number of nitrogens with two attached hydrogens (primary N) is 1. The van der Waals surface area contributed by atoms with E-state index in [4.69, 9.17) is 5.73 Å². The van der Waals surface area contributed by atoms with E-state index in [2.05, 4.69) is 35.2 Å². The van der Waals surface area contributed by atoms with Gasteiger partial charge in [-0.05, 0) is 50.3 Å². The van der Waals surface area contributed by atoms with Crippen molar-refractivity contribution in [3.63, 3.8) is 0 Å². The third kappa shape index (κ3) is 3.33. The zero-order chi connectivity index (χ0) is 15.6. The van der Waals surface area contributed by atoms with E-state index in [0.29, 0.717) is 5.41 Å². The summed E-state index contributed by atoms with van der Waals surface area (Å²) in [5, 5.41) is 0. The van der Waals surface area contributed by atoms with Crippen LogP contribution in [0.1, 0.15) is 31.7 Å². The van der Waals surface area contributed by atoms with Gasteiger partial charge in [0.15, 0.2) is 0 Å². The first kappa shape index (κ1) is 15.5. The molecular formula is C18H27N3O. The minimum absolute atomic E-state index is 0.114. The van der Waals surface area contributed by atoms with Crippen LogP contribution >= 0.6 is 0 Å². The van der Waals surface area contributed by atoms with Gasteiger partial charge in [-0.15, -0.1) is 0 Å². The van der Waals surface area contributed by atoms with E-state index < -0.39 is 0 Å². The number of benzene rings is 1. The first-order valence-corrected chi connectivity index (χ1v) is 8.39. The molecule has 2 aliphatic heterocycles. The third-order valence-corrected chi connectivity index (χ3v) is 5.31. The van der Waals surface area contributed by atoms with Crippen LogP contribution in [-0.2, 0) is 11.3 Å². The Labute approximate surface area is 133 Å². The largest absolute Gasteiger partial charge is 0.341 e. The highest BCUT2D eigenvalue weighted by atomic mass is 16.2. The maximum absolute atomic E-state index is 12.1. The summed E-state index contributed by atoms with van der Waals surface area (Å²) >= 11 is 0. The van der Waals surface area contributed by atoms with Crippen molar-refractivity contribution in [2.75, 3.05) is 26.2 Å². The first-order chi connectivity index (χ1) is 10.6. The molecule has 2 aliphatic rings. The van der Waals surface area contributed by atoms with Crippen LogP contribution < -0.4 is 5.73 Å². The second-order valence-corrected chi connectivity index (χ2v) is 7.06. The molecule has 1 spiro atoms. The molecule has 4 heteroatoms. The minimum Gasteiger partial charge on any atom is -0.341 e. The second kappa shape index (κ2) is 6.39. The van der Waals surface area contributed by atoms with Gasteiger partial charge >= 0.3 is 0 Å². The number of hydrogen-bond donors (Lipinski definition) is 1. The number of amides is 1. The van der Waals surface area contributed by atoms with Gasteiger partial charge in [-0.25, -0.2) is 0 Å². The maximum Gasteiger partial charge on any atom is 0.239 e. The van der Waals surface area contributed by atoms with Crippen molar-refractivity contribution < 1.29 is 4.79 Å². The quantitative estimate of drug-likeness (QED) is 0.927. The number of piperidine rings is 1. The van der Waals surface area contributed by atoms with Gasteiger partial charge in [-0.2, -0.15) is 0 Å². The number of carbonyl (C=O) groups is 1. The molecule has 0 saturated carbocycles. The Balaban J connectivity index is 1.53. The summed E-state index contributed by atoms with van der Waals surface area (Å²) in [6, 6.07) is 10.3. The predicted molar refractivity (Wildman–Crippen MR) is 88.2 cm³/mol. The Morgan fingerprint density at radius 1 is 1.18 bits per heavy atom. The highest BCUT2D eigenvalue weighted by molar-refractivity contribution is 5.81. The number of nitrogens with zero attached hydrogens (tertiary/aromatic N) is 2. The van der Waals surface area contributed by atoms with Gasteiger partial charge < -0.3 is 10.6 Å². The van der Waals surface area contributed by atoms with Gasteiger partial charge in [0.05, 0.1) is 6.04 Å². The molecule has 2 fully saturated rings. The van der Waals surface area contributed by atoms with Crippen LogP contribution in [0, 0.1) is 5.41 Å². The molecule has 2 heterocycles. The van der Waals surface area contributed by atoms with Crippen molar-refractivity contribution in [2.45, 2.75) is 38.8 Å².